The molecule has 1 fully saturated rings. The van der Waals surface area contributed by atoms with Crippen molar-refractivity contribution in [1.29, 1.82) is 0 Å². The lowest BCUT2D eigenvalue weighted by atomic mass is 9.95. The van der Waals surface area contributed by atoms with Crippen molar-refractivity contribution >= 4 is 28.8 Å². The highest BCUT2D eigenvalue weighted by molar-refractivity contribution is 7.13. The summed E-state index contributed by atoms with van der Waals surface area (Å²) in [5.41, 5.74) is 1.85. The Kier molecular flexibility index (Phi) is 7.44. The number of carbonyl (C=O) groups is 2. The third-order valence-corrected chi connectivity index (χ3v) is 7.00. The number of nitrogens with zero attached hydrogens (tertiary/aromatic N) is 4. The fourth-order valence-corrected chi connectivity index (χ4v) is 4.82. The van der Waals surface area contributed by atoms with E-state index < -0.39 is 0 Å². The smallest absolute Gasteiger partial charge is 0.253 e. The minimum Gasteiger partial charge on any atom is -0.348 e. The van der Waals surface area contributed by atoms with Gasteiger partial charge in [0, 0.05) is 24.9 Å². The topological polar surface area (TPSA) is 113 Å². The van der Waals surface area contributed by atoms with Crippen LogP contribution in [0.2, 0.25) is 0 Å². The van der Waals surface area contributed by atoms with Crippen LogP contribution in [-0.2, 0) is 17.9 Å². The first-order valence-electron chi connectivity index (χ1n) is 11.8. The minimum atomic E-state index is -0.244. The maximum atomic E-state index is 13.0. The molecule has 0 atom stereocenters. The van der Waals surface area contributed by atoms with E-state index in [9.17, 15) is 9.59 Å². The van der Waals surface area contributed by atoms with Gasteiger partial charge in [0.2, 0.25) is 17.6 Å². The quantitative estimate of drug-likeness (QED) is 0.375. The van der Waals surface area contributed by atoms with E-state index >= 15 is 0 Å². The maximum Gasteiger partial charge on any atom is 0.253 e. The summed E-state index contributed by atoms with van der Waals surface area (Å²) in [5, 5.41) is 11.9. The summed E-state index contributed by atoms with van der Waals surface area (Å²) in [6.45, 7) is 2.43. The Morgan fingerprint density at radius 3 is 2.72 bits per heavy atom. The number of likely N-dealkylation sites (tertiary alicyclic amines) is 1. The number of amides is 2. The first kappa shape index (κ1) is 23.8. The molecule has 1 aliphatic rings. The predicted molar refractivity (Wildman–Crippen MR) is 136 cm³/mol. The average Bonchev–Trinajstić information content (AvgIpc) is 3.61. The van der Waals surface area contributed by atoms with Gasteiger partial charge in [0.15, 0.2) is 0 Å². The summed E-state index contributed by atoms with van der Waals surface area (Å²) in [6, 6.07) is 14.7. The number of piperidine rings is 1. The van der Waals surface area contributed by atoms with Crippen molar-refractivity contribution in [2.24, 2.45) is 5.92 Å². The zero-order valence-corrected chi connectivity index (χ0v) is 20.4. The number of hydrogen-bond acceptors (Lipinski definition) is 8. The Hall–Kier alpha value is -3.89. The van der Waals surface area contributed by atoms with Crippen LogP contribution < -0.4 is 10.6 Å². The summed E-state index contributed by atoms with van der Waals surface area (Å²) < 4.78 is 5.41. The monoisotopic (exact) mass is 502 g/mol. The normalized spacial score (nSPS) is 14.4. The Bertz CT molecular complexity index is 1300. The Labute approximate surface area is 212 Å². The highest BCUT2D eigenvalue weighted by Gasteiger charge is 2.27. The van der Waals surface area contributed by atoms with Crippen LogP contribution >= 0.6 is 11.3 Å². The number of aromatic nitrogens is 3. The molecule has 1 saturated heterocycles. The number of nitrogens with one attached hydrogen (secondary N) is 2. The van der Waals surface area contributed by atoms with Gasteiger partial charge in [0.05, 0.1) is 22.7 Å². The molecule has 2 amide bonds. The van der Waals surface area contributed by atoms with Gasteiger partial charge in [0.1, 0.15) is 0 Å². The predicted octanol–water partition coefficient (Wildman–Crippen LogP) is 3.97. The number of benzene rings is 1. The third-order valence-electron chi connectivity index (χ3n) is 6.13. The molecule has 184 valence electrons. The van der Waals surface area contributed by atoms with Crippen molar-refractivity contribution in [2.45, 2.75) is 25.9 Å². The Balaban J connectivity index is 1.13. The van der Waals surface area contributed by atoms with E-state index in [0.29, 0.717) is 48.9 Å². The van der Waals surface area contributed by atoms with Gasteiger partial charge in [-0.05, 0) is 61.1 Å². The van der Waals surface area contributed by atoms with Crippen LogP contribution in [0.5, 0.6) is 0 Å². The standard InChI is InChI=1S/C26H26N6O3S/c33-25(29-21-7-2-1-6-20(21)26(34)28-16-18-5-3-11-27-15-18)19-9-12-32(13-10-19)17-23-30-24(31-35-23)22-8-4-14-36-22/h1-8,11,14-15,19H,9-10,12-13,16-17H2,(H,28,34)(H,29,33). The van der Waals surface area contributed by atoms with E-state index in [2.05, 4.69) is 30.7 Å². The zero-order chi connectivity index (χ0) is 24.7. The summed E-state index contributed by atoms with van der Waals surface area (Å²) >= 11 is 1.57. The van der Waals surface area contributed by atoms with Gasteiger partial charge in [-0.1, -0.05) is 29.4 Å². The highest BCUT2D eigenvalue weighted by atomic mass is 32.1. The molecule has 10 heteroatoms. The molecule has 1 aliphatic heterocycles. The minimum absolute atomic E-state index is 0.0695. The van der Waals surface area contributed by atoms with E-state index in [4.69, 9.17) is 4.52 Å². The molecule has 2 N–H and O–H groups in total. The van der Waals surface area contributed by atoms with Crippen molar-refractivity contribution in [3.8, 4) is 10.7 Å². The molecule has 4 aromatic rings. The van der Waals surface area contributed by atoms with Crippen LogP contribution in [0.3, 0.4) is 0 Å². The van der Waals surface area contributed by atoms with Crippen LogP contribution in [0.1, 0.15) is 34.7 Å². The lowest BCUT2D eigenvalue weighted by molar-refractivity contribution is -0.121. The van der Waals surface area contributed by atoms with Gasteiger partial charge in [-0.2, -0.15) is 4.98 Å². The molecule has 4 heterocycles. The van der Waals surface area contributed by atoms with E-state index in [-0.39, 0.29) is 17.7 Å². The van der Waals surface area contributed by atoms with Gasteiger partial charge in [0.25, 0.3) is 5.91 Å². The van der Waals surface area contributed by atoms with Crippen LogP contribution in [0, 0.1) is 5.92 Å². The Morgan fingerprint density at radius 2 is 1.94 bits per heavy atom. The largest absolute Gasteiger partial charge is 0.348 e. The molecule has 0 radical (unpaired) electrons. The van der Waals surface area contributed by atoms with Crippen molar-refractivity contribution in [2.75, 3.05) is 18.4 Å². The summed E-state index contributed by atoms with van der Waals surface area (Å²) in [7, 11) is 0. The molecule has 3 aromatic heterocycles. The third kappa shape index (κ3) is 5.84. The second-order valence-electron chi connectivity index (χ2n) is 8.62. The lowest BCUT2D eigenvalue weighted by Crippen LogP contribution is -2.38. The van der Waals surface area contributed by atoms with Crippen LogP contribution in [0.15, 0.2) is 70.8 Å². The molecular formula is C26H26N6O3S. The SMILES string of the molecule is O=C(NCc1cccnc1)c1ccccc1NC(=O)C1CCN(Cc2nc(-c3cccs3)no2)CC1. The summed E-state index contributed by atoms with van der Waals surface area (Å²) in [6.07, 6.45) is 4.83. The highest BCUT2D eigenvalue weighted by Crippen LogP contribution is 2.24. The number of pyridine rings is 1. The average molecular weight is 503 g/mol. The number of thiophene rings is 1. The van der Waals surface area contributed by atoms with Gasteiger partial charge in [-0.3, -0.25) is 19.5 Å². The fraction of sp³-hybridized carbons (Fsp3) is 0.269. The summed E-state index contributed by atoms with van der Waals surface area (Å²) in [4.78, 5) is 37.5. The molecule has 5 rings (SSSR count). The first-order chi connectivity index (χ1) is 17.7. The summed E-state index contributed by atoms with van der Waals surface area (Å²) in [5.74, 6) is 0.744. The number of anilines is 1. The van der Waals surface area contributed by atoms with Gasteiger partial charge >= 0.3 is 0 Å². The first-order valence-corrected chi connectivity index (χ1v) is 12.7. The molecule has 0 aliphatic carbocycles. The molecule has 9 nitrogen and oxygen atoms in total. The molecule has 36 heavy (non-hydrogen) atoms. The Morgan fingerprint density at radius 1 is 1.08 bits per heavy atom. The van der Waals surface area contributed by atoms with Gasteiger partial charge in [-0.25, -0.2) is 0 Å². The second kappa shape index (κ2) is 11.2. The molecule has 0 spiro atoms. The molecule has 0 unspecified atom stereocenters. The second-order valence-corrected chi connectivity index (χ2v) is 9.57. The van der Waals surface area contributed by atoms with E-state index in [1.54, 1.807) is 41.9 Å². The van der Waals surface area contributed by atoms with E-state index in [0.717, 1.165) is 23.5 Å². The van der Waals surface area contributed by atoms with Crippen LogP contribution in [0.25, 0.3) is 10.7 Å². The van der Waals surface area contributed by atoms with Crippen molar-refractivity contribution in [1.82, 2.24) is 25.3 Å². The number of rotatable bonds is 8. The van der Waals surface area contributed by atoms with Crippen molar-refractivity contribution < 1.29 is 14.1 Å². The van der Waals surface area contributed by atoms with Crippen LogP contribution in [-0.4, -0.2) is 44.9 Å². The number of hydrogen-bond donors (Lipinski definition) is 2. The van der Waals surface area contributed by atoms with Crippen molar-refractivity contribution in [3.63, 3.8) is 0 Å². The maximum absolute atomic E-state index is 13.0. The van der Waals surface area contributed by atoms with Gasteiger partial charge < -0.3 is 15.2 Å². The van der Waals surface area contributed by atoms with Crippen LogP contribution in [0.4, 0.5) is 5.69 Å². The molecular weight excluding hydrogens is 476 g/mol. The molecule has 1 aromatic carbocycles. The van der Waals surface area contributed by atoms with E-state index in [1.165, 1.54) is 0 Å². The van der Waals surface area contributed by atoms with Crippen molar-refractivity contribution in [3.05, 3.63) is 83.3 Å². The van der Waals surface area contributed by atoms with Gasteiger partial charge in [-0.15, -0.1) is 11.3 Å². The molecule has 0 bridgehead atoms. The zero-order valence-electron chi connectivity index (χ0n) is 19.6. The number of carbonyl (C=O) groups excluding carboxylic acids is 2. The molecule has 0 saturated carbocycles. The lowest BCUT2D eigenvalue weighted by Gasteiger charge is -2.30. The number of para-hydroxylation sites is 1. The fourth-order valence-electron chi connectivity index (χ4n) is 4.17. The van der Waals surface area contributed by atoms with E-state index in [1.807, 2.05) is 35.7 Å².